The molecule has 2 aromatic rings. The highest BCUT2D eigenvalue weighted by molar-refractivity contribution is 5.91. The van der Waals surface area contributed by atoms with E-state index < -0.39 is 17.6 Å². The SMILES string of the molecule is Cc1cccc(/C=C/C(=O)NCc2ccc(N3CCOCC3)cc2C(F)(F)F)c1. The Bertz CT molecular complexity index is 888. The minimum absolute atomic E-state index is 0.0341. The molecule has 4 nitrogen and oxygen atoms in total. The average molecular weight is 404 g/mol. The number of hydrogen-bond acceptors (Lipinski definition) is 3. The van der Waals surface area contributed by atoms with E-state index in [1.54, 1.807) is 12.1 Å². The van der Waals surface area contributed by atoms with Crippen molar-refractivity contribution < 1.29 is 22.7 Å². The molecule has 1 heterocycles. The highest BCUT2D eigenvalue weighted by Crippen LogP contribution is 2.35. The standard InChI is InChI=1S/C22H23F3N2O2/c1-16-3-2-4-17(13-16)5-8-21(28)26-15-18-6-7-19(14-20(18)22(23,24)25)27-9-11-29-12-10-27/h2-8,13-14H,9-12,15H2,1H3,(H,26,28)/b8-5+. The topological polar surface area (TPSA) is 41.6 Å². The molecule has 2 aromatic carbocycles. The van der Waals surface area contributed by atoms with Gasteiger partial charge in [0.1, 0.15) is 0 Å². The monoisotopic (exact) mass is 404 g/mol. The summed E-state index contributed by atoms with van der Waals surface area (Å²) >= 11 is 0. The van der Waals surface area contributed by atoms with Crippen LogP contribution in [0, 0.1) is 6.92 Å². The summed E-state index contributed by atoms with van der Waals surface area (Å²) in [5.41, 5.74) is 1.72. The van der Waals surface area contributed by atoms with Crippen molar-refractivity contribution in [2.45, 2.75) is 19.6 Å². The van der Waals surface area contributed by atoms with E-state index in [0.29, 0.717) is 32.0 Å². The Kier molecular flexibility index (Phi) is 6.59. The molecule has 1 aliphatic rings. The molecule has 0 saturated carbocycles. The van der Waals surface area contributed by atoms with Crippen molar-refractivity contribution in [3.05, 3.63) is 70.8 Å². The van der Waals surface area contributed by atoms with Crippen LogP contribution in [-0.2, 0) is 22.3 Å². The van der Waals surface area contributed by atoms with E-state index in [9.17, 15) is 18.0 Å². The van der Waals surface area contributed by atoms with Crippen molar-refractivity contribution in [2.24, 2.45) is 0 Å². The fourth-order valence-electron chi connectivity index (χ4n) is 3.19. The molecule has 0 atom stereocenters. The van der Waals surface area contributed by atoms with Gasteiger partial charge in [0.2, 0.25) is 5.91 Å². The average Bonchev–Trinajstić information content (AvgIpc) is 2.70. The summed E-state index contributed by atoms with van der Waals surface area (Å²) in [5, 5.41) is 2.54. The Morgan fingerprint density at radius 3 is 2.62 bits per heavy atom. The van der Waals surface area contributed by atoms with Crippen molar-refractivity contribution in [1.29, 1.82) is 0 Å². The third kappa shape index (κ3) is 5.84. The number of rotatable bonds is 5. The molecule has 3 rings (SSSR count). The maximum atomic E-state index is 13.6. The van der Waals surface area contributed by atoms with E-state index in [4.69, 9.17) is 4.74 Å². The van der Waals surface area contributed by atoms with Crippen LogP contribution >= 0.6 is 0 Å². The summed E-state index contributed by atoms with van der Waals surface area (Å²) in [7, 11) is 0. The molecule has 1 N–H and O–H groups in total. The Labute approximate surface area is 168 Å². The molecule has 0 bridgehead atoms. The molecule has 0 spiro atoms. The number of morpholine rings is 1. The molecule has 154 valence electrons. The molecule has 1 amide bonds. The second-order valence-corrected chi connectivity index (χ2v) is 6.90. The molecular formula is C22H23F3N2O2. The number of nitrogens with zero attached hydrogens (tertiary/aromatic N) is 1. The van der Waals surface area contributed by atoms with Gasteiger partial charge in [-0.15, -0.1) is 0 Å². The van der Waals surface area contributed by atoms with Gasteiger partial charge in [0, 0.05) is 31.4 Å². The Morgan fingerprint density at radius 2 is 1.93 bits per heavy atom. The fraction of sp³-hybridized carbons (Fsp3) is 0.318. The van der Waals surface area contributed by atoms with Crippen molar-refractivity contribution in [1.82, 2.24) is 5.32 Å². The highest BCUT2D eigenvalue weighted by atomic mass is 19.4. The van der Waals surface area contributed by atoms with Gasteiger partial charge in [-0.25, -0.2) is 0 Å². The molecule has 1 aliphatic heterocycles. The molecular weight excluding hydrogens is 381 g/mol. The molecule has 0 aromatic heterocycles. The quantitative estimate of drug-likeness (QED) is 0.761. The van der Waals surface area contributed by atoms with E-state index in [0.717, 1.165) is 17.2 Å². The maximum Gasteiger partial charge on any atom is 0.416 e. The van der Waals surface area contributed by atoms with Crippen LogP contribution in [0.1, 0.15) is 22.3 Å². The smallest absolute Gasteiger partial charge is 0.378 e. The first-order valence-corrected chi connectivity index (χ1v) is 9.38. The first kappa shape index (κ1) is 20.9. The minimum atomic E-state index is -4.50. The van der Waals surface area contributed by atoms with E-state index in [1.807, 2.05) is 36.1 Å². The second kappa shape index (κ2) is 9.13. The lowest BCUT2D eigenvalue weighted by molar-refractivity contribution is -0.138. The second-order valence-electron chi connectivity index (χ2n) is 6.90. The van der Waals surface area contributed by atoms with Crippen LogP contribution in [0.15, 0.2) is 48.5 Å². The maximum absolute atomic E-state index is 13.6. The minimum Gasteiger partial charge on any atom is -0.378 e. The fourth-order valence-corrected chi connectivity index (χ4v) is 3.19. The lowest BCUT2D eigenvalue weighted by atomic mass is 10.0. The summed E-state index contributed by atoms with van der Waals surface area (Å²) in [6, 6.07) is 11.8. The Balaban J connectivity index is 1.70. The van der Waals surface area contributed by atoms with Crippen LogP contribution in [0.5, 0.6) is 0 Å². The van der Waals surface area contributed by atoms with Crippen LogP contribution in [0.25, 0.3) is 6.08 Å². The van der Waals surface area contributed by atoms with E-state index in [2.05, 4.69) is 5.32 Å². The number of alkyl halides is 3. The van der Waals surface area contributed by atoms with Gasteiger partial charge >= 0.3 is 6.18 Å². The summed E-state index contributed by atoms with van der Waals surface area (Å²) in [6.07, 6.45) is -1.54. The molecule has 29 heavy (non-hydrogen) atoms. The molecule has 7 heteroatoms. The first-order valence-electron chi connectivity index (χ1n) is 9.38. The number of nitrogens with one attached hydrogen (secondary N) is 1. The predicted octanol–water partition coefficient (Wildman–Crippen LogP) is 4.18. The van der Waals surface area contributed by atoms with Crippen LogP contribution in [0.2, 0.25) is 0 Å². The van der Waals surface area contributed by atoms with Gasteiger partial charge in [-0.3, -0.25) is 4.79 Å². The van der Waals surface area contributed by atoms with E-state index in [1.165, 1.54) is 12.1 Å². The van der Waals surface area contributed by atoms with Crippen molar-refractivity contribution >= 4 is 17.7 Å². The number of amides is 1. The Morgan fingerprint density at radius 1 is 1.17 bits per heavy atom. The zero-order valence-electron chi connectivity index (χ0n) is 16.1. The zero-order chi connectivity index (χ0) is 20.9. The lowest BCUT2D eigenvalue weighted by Crippen LogP contribution is -2.36. The van der Waals surface area contributed by atoms with Gasteiger partial charge in [0.25, 0.3) is 0 Å². The number of benzene rings is 2. The molecule has 0 aliphatic carbocycles. The van der Waals surface area contributed by atoms with E-state index in [-0.39, 0.29) is 12.1 Å². The number of carbonyl (C=O) groups excluding carboxylic acids is 1. The van der Waals surface area contributed by atoms with Gasteiger partial charge < -0.3 is 15.0 Å². The zero-order valence-corrected chi connectivity index (χ0v) is 16.1. The summed E-state index contributed by atoms with van der Waals surface area (Å²) < 4.78 is 45.9. The number of anilines is 1. The summed E-state index contributed by atoms with van der Waals surface area (Å²) in [5.74, 6) is -0.447. The molecule has 0 unspecified atom stereocenters. The molecule has 1 fully saturated rings. The van der Waals surface area contributed by atoms with Gasteiger partial charge in [-0.2, -0.15) is 13.2 Å². The van der Waals surface area contributed by atoms with E-state index >= 15 is 0 Å². The van der Waals surface area contributed by atoms with Crippen molar-refractivity contribution in [3.63, 3.8) is 0 Å². The van der Waals surface area contributed by atoms with Gasteiger partial charge in [0.05, 0.1) is 18.8 Å². The normalized spacial score (nSPS) is 15.0. The number of hydrogen-bond donors (Lipinski definition) is 1. The first-order chi connectivity index (χ1) is 13.8. The molecule has 1 saturated heterocycles. The summed E-state index contributed by atoms with van der Waals surface area (Å²) in [6.45, 7) is 3.83. The highest BCUT2D eigenvalue weighted by Gasteiger charge is 2.34. The third-order valence-corrected chi connectivity index (χ3v) is 4.70. The van der Waals surface area contributed by atoms with Crippen molar-refractivity contribution in [2.75, 3.05) is 31.2 Å². The third-order valence-electron chi connectivity index (χ3n) is 4.70. The number of halogens is 3. The summed E-state index contributed by atoms with van der Waals surface area (Å²) in [4.78, 5) is 13.9. The largest absolute Gasteiger partial charge is 0.416 e. The lowest BCUT2D eigenvalue weighted by Gasteiger charge is -2.29. The van der Waals surface area contributed by atoms with Crippen LogP contribution in [0.4, 0.5) is 18.9 Å². The van der Waals surface area contributed by atoms with Gasteiger partial charge in [-0.1, -0.05) is 35.9 Å². The number of aryl methyl sites for hydroxylation is 1. The van der Waals surface area contributed by atoms with Gasteiger partial charge in [-0.05, 0) is 36.3 Å². The van der Waals surface area contributed by atoms with Crippen LogP contribution in [0.3, 0.4) is 0 Å². The number of carbonyl (C=O) groups is 1. The predicted molar refractivity (Wildman–Crippen MR) is 107 cm³/mol. The van der Waals surface area contributed by atoms with Crippen LogP contribution in [-0.4, -0.2) is 32.2 Å². The van der Waals surface area contributed by atoms with Crippen LogP contribution < -0.4 is 10.2 Å². The van der Waals surface area contributed by atoms with Crippen molar-refractivity contribution in [3.8, 4) is 0 Å². The molecule has 0 radical (unpaired) electrons. The number of ether oxygens (including phenoxy) is 1. The Hall–Kier alpha value is -2.80. The van der Waals surface area contributed by atoms with Gasteiger partial charge in [0.15, 0.2) is 0 Å².